The molecule has 0 aliphatic carbocycles. The van der Waals surface area contributed by atoms with Crippen LogP contribution in [0.2, 0.25) is 0 Å². The second-order valence-electron chi connectivity index (χ2n) is 4.33. The number of fused-ring (bicyclic) bond motifs is 3. The number of aliphatic hydroxyl groups excluding tert-OH is 1. The summed E-state index contributed by atoms with van der Waals surface area (Å²) in [6.07, 6.45) is 0.792. The molecule has 0 unspecified atom stereocenters. The minimum absolute atomic E-state index is 0.118. The SMILES string of the molecule is O=Cc1cc2ccc3ccccc3c2cc1CO. The summed E-state index contributed by atoms with van der Waals surface area (Å²) in [5.74, 6) is 0. The van der Waals surface area contributed by atoms with Crippen molar-refractivity contribution in [1.29, 1.82) is 0 Å². The first kappa shape index (κ1) is 10.9. The van der Waals surface area contributed by atoms with Gasteiger partial charge < -0.3 is 5.11 Å². The predicted molar refractivity (Wildman–Crippen MR) is 72.8 cm³/mol. The zero-order chi connectivity index (χ0) is 12.5. The first-order chi connectivity index (χ1) is 8.83. The van der Waals surface area contributed by atoms with Crippen LogP contribution in [0.5, 0.6) is 0 Å². The van der Waals surface area contributed by atoms with Crippen molar-refractivity contribution in [3.8, 4) is 0 Å². The molecule has 18 heavy (non-hydrogen) atoms. The molecule has 0 aliphatic heterocycles. The maximum atomic E-state index is 11.0. The zero-order valence-electron chi connectivity index (χ0n) is 9.76. The van der Waals surface area contributed by atoms with Crippen LogP contribution in [0.3, 0.4) is 0 Å². The fourth-order valence-electron chi connectivity index (χ4n) is 2.36. The van der Waals surface area contributed by atoms with Crippen molar-refractivity contribution >= 4 is 27.8 Å². The van der Waals surface area contributed by atoms with Crippen LogP contribution in [0.4, 0.5) is 0 Å². The fraction of sp³-hybridized carbons (Fsp3) is 0.0625. The third kappa shape index (κ3) is 1.59. The molecule has 88 valence electrons. The van der Waals surface area contributed by atoms with Gasteiger partial charge in [-0.3, -0.25) is 4.79 Å². The Morgan fingerprint density at radius 1 is 0.944 bits per heavy atom. The highest BCUT2D eigenvalue weighted by atomic mass is 16.3. The molecule has 2 heteroatoms. The minimum Gasteiger partial charge on any atom is -0.392 e. The lowest BCUT2D eigenvalue weighted by Gasteiger charge is -2.08. The lowest BCUT2D eigenvalue weighted by Crippen LogP contribution is -1.93. The van der Waals surface area contributed by atoms with Crippen molar-refractivity contribution in [2.45, 2.75) is 6.61 Å². The smallest absolute Gasteiger partial charge is 0.150 e. The molecule has 3 aromatic rings. The Kier molecular flexibility index (Phi) is 2.58. The number of carbonyl (C=O) groups excluding carboxylic acids is 1. The molecule has 0 aromatic heterocycles. The van der Waals surface area contributed by atoms with E-state index in [0.29, 0.717) is 11.1 Å². The molecule has 0 saturated heterocycles. The average Bonchev–Trinajstić information content (AvgIpc) is 2.45. The van der Waals surface area contributed by atoms with Gasteiger partial charge in [0.15, 0.2) is 0 Å². The number of aliphatic hydroxyl groups is 1. The maximum Gasteiger partial charge on any atom is 0.150 e. The third-order valence-corrected chi connectivity index (χ3v) is 3.30. The fourth-order valence-corrected chi connectivity index (χ4v) is 2.36. The van der Waals surface area contributed by atoms with Gasteiger partial charge >= 0.3 is 0 Å². The van der Waals surface area contributed by atoms with Gasteiger partial charge in [0.1, 0.15) is 6.29 Å². The summed E-state index contributed by atoms with van der Waals surface area (Å²) in [7, 11) is 0. The normalized spacial score (nSPS) is 10.9. The van der Waals surface area contributed by atoms with Crippen LogP contribution in [0.1, 0.15) is 15.9 Å². The molecule has 0 heterocycles. The Labute approximate surface area is 104 Å². The second kappa shape index (κ2) is 4.24. The molecular formula is C16H12O2. The third-order valence-electron chi connectivity index (χ3n) is 3.30. The molecule has 0 fully saturated rings. The van der Waals surface area contributed by atoms with Crippen LogP contribution >= 0.6 is 0 Å². The second-order valence-corrected chi connectivity index (χ2v) is 4.33. The summed E-state index contributed by atoms with van der Waals surface area (Å²) in [5.41, 5.74) is 1.23. The lowest BCUT2D eigenvalue weighted by atomic mass is 9.97. The van der Waals surface area contributed by atoms with E-state index in [1.165, 1.54) is 0 Å². The first-order valence-corrected chi connectivity index (χ1v) is 5.84. The van der Waals surface area contributed by atoms with Crippen molar-refractivity contribution in [2.24, 2.45) is 0 Å². The van der Waals surface area contributed by atoms with E-state index in [9.17, 15) is 9.90 Å². The van der Waals surface area contributed by atoms with Gasteiger partial charge in [0.25, 0.3) is 0 Å². The quantitative estimate of drug-likeness (QED) is 0.547. The molecule has 0 atom stereocenters. The Morgan fingerprint density at radius 3 is 2.50 bits per heavy atom. The Balaban J connectivity index is 2.46. The summed E-state index contributed by atoms with van der Waals surface area (Å²) in [6, 6.07) is 15.9. The molecule has 0 aliphatic rings. The summed E-state index contributed by atoms with van der Waals surface area (Å²) in [5, 5.41) is 13.7. The highest BCUT2D eigenvalue weighted by Gasteiger charge is 2.06. The van der Waals surface area contributed by atoms with Crippen molar-refractivity contribution < 1.29 is 9.90 Å². The van der Waals surface area contributed by atoms with Gasteiger partial charge in [-0.15, -0.1) is 0 Å². The Bertz CT molecular complexity index is 745. The van der Waals surface area contributed by atoms with Gasteiger partial charge in [-0.25, -0.2) is 0 Å². The summed E-state index contributed by atoms with van der Waals surface area (Å²) >= 11 is 0. The van der Waals surface area contributed by atoms with Crippen LogP contribution < -0.4 is 0 Å². The topological polar surface area (TPSA) is 37.3 Å². The van der Waals surface area contributed by atoms with Crippen LogP contribution in [0.15, 0.2) is 48.5 Å². The monoisotopic (exact) mass is 236 g/mol. The Hall–Kier alpha value is -2.19. The molecule has 3 rings (SSSR count). The number of hydrogen-bond donors (Lipinski definition) is 1. The molecule has 0 saturated carbocycles. The van der Waals surface area contributed by atoms with E-state index in [1.54, 1.807) is 0 Å². The zero-order valence-corrected chi connectivity index (χ0v) is 9.76. The van der Waals surface area contributed by atoms with E-state index in [-0.39, 0.29) is 6.61 Å². The largest absolute Gasteiger partial charge is 0.392 e. The molecule has 2 nitrogen and oxygen atoms in total. The van der Waals surface area contributed by atoms with E-state index in [2.05, 4.69) is 12.1 Å². The van der Waals surface area contributed by atoms with Gasteiger partial charge in [-0.05, 0) is 39.2 Å². The summed E-state index contributed by atoms with van der Waals surface area (Å²) in [4.78, 5) is 11.0. The maximum absolute atomic E-state index is 11.0. The molecule has 0 radical (unpaired) electrons. The number of rotatable bonds is 2. The van der Waals surface area contributed by atoms with Gasteiger partial charge in [0, 0.05) is 5.56 Å². The van der Waals surface area contributed by atoms with Gasteiger partial charge in [0.05, 0.1) is 6.61 Å². The van der Waals surface area contributed by atoms with E-state index >= 15 is 0 Å². The summed E-state index contributed by atoms with van der Waals surface area (Å²) < 4.78 is 0. The first-order valence-electron chi connectivity index (χ1n) is 5.84. The van der Waals surface area contributed by atoms with E-state index < -0.39 is 0 Å². The number of benzene rings is 3. The predicted octanol–water partition coefficient (Wildman–Crippen LogP) is 3.30. The average molecular weight is 236 g/mol. The van der Waals surface area contributed by atoms with Crippen LogP contribution in [0, 0.1) is 0 Å². The van der Waals surface area contributed by atoms with Gasteiger partial charge in [-0.2, -0.15) is 0 Å². The minimum atomic E-state index is -0.118. The Morgan fingerprint density at radius 2 is 1.72 bits per heavy atom. The standard InChI is InChI=1S/C16H12O2/c17-9-13-7-12-6-5-11-3-1-2-4-15(11)16(12)8-14(13)10-18/h1-9,18H,10H2. The highest BCUT2D eigenvalue weighted by molar-refractivity contribution is 6.08. The highest BCUT2D eigenvalue weighted by Crippen LogP contribution is 2.27. The molecule has 0 amide bonds. The van der Waals surface area contributed by atoms with E-state index in [4.69, 9.17) is 0 Å². The molecule has 1 N–H and O–H groups in total. The van der Waals surface area contributed by atoms with Crippen LogP contribution in [-0.2, 0) is 6.61 Å². The van der Waals surface area contributed by atoms with Crippen molar-refractivity contribution in [3.63, 3.8) is 0 Å². The number of aldehydes is 1. The van der Waals surface area contributed by atoms with Crippen LogP contribution in [0.25, 0.3) is 21.5 Å². The van der Waals surface area contributed by atoms with E-state index in [0.717, 1.165) is 27.8 Å². The number of carbonyl (C=O) groups is 1. The van der Waals surface area contributed by atoms with Crippen molar-refractivity contribution in [3.05, 3.63) is 59.7 Å². The lowest BCUT2D eigenvalue weighted by molar-refractivity contribution is 0.112. The molecule has 0 spiro atoms. The molecule has 3 aromatic carbocycles. The molecular weight excluding hydrogens is 224 g/mol. The van der Waals surface area contributed by atoms with Crippen molar-refractivity contribution in [2.75, 3.05) is 0 Å². The van der Waals surface area contributed by atoms with Gasteiger partial charge in [-0.1, -0.05) is 36.4 Å². The van der Waals surface area contributed by atoms with Crippen LogP contribution in [-0.4, -0.2) is 11.4 Å². The molecule has 0 bridgehead atoms. The number of hydrogen-bond acceptors (Lipinski definition) is 2. The summed E-state index contributed by atoms with van der Waals surface area (Å²) in [6.45, 7) is -0.118. The van der Waals surface area contributed by atoms with E-state index in [1.807, 2.05) is 36.4 Å². The van der Waals surface area contributed by atoms with Gasteiger partial charge in [0.2, 0.25) is 0 Å². The van der Waals surface area contributed by atoms with Crippen molar-refractivity contribution in [1.82, 2.24) is 0 Å².